The Morgan fingerprint density at radius 1 is 1.00 bits per heavy atom. The third-order valence-electron chi connectivity index (χ3n) is 2.84. The molecule has 19 heavy (non-hydrogen) atoms. The molecule has 0 saturated carbocycles. The average Bonchev–Trinajstić information content (AvgIpc) is 2.88. The van der Waals surface area contributed by atoms with Crippen LogP contribution in [0.2, 0.25) is 0 Å². The standard InChI is InChI=1S/C14H10N2O3/c17-16(18)12-5-1-2-6-14(12)19-13-7-3-4-11-10(13)8-9-15-11/h1-9,15H. The van der Waals surface area contributed by atoms with Crippen LogP contribution < -0.4 is 4.74 Å². The van der Waals surface area contributed by atoms with Crippen molar-refractivity contribution in [3.8, 4) is 11.5 Å². The maximum Gasteiger partial charge on any atom is 0.311 e. The molecule has 0 aliphatic carbocycles. The molecule has 94 valence electrons. The normalized spacial score (nSPS) is 10.5. The number of H-pyrrole nitrogens is 1. The number of aromatic amines is 1. The van der Waals surface area contributed by atoms with Gasteiger partial charge in [-0.3, -0.25) is 10.1 Å². The smallest absolute Gasteiger partial charge is 0.311 e. The van der Waals surface area contributed by atoms with Crippen molar-refractivity contribution in [3.63, 3.8) is 0 Å². The Morgan fingerprint density at radius 2 is 1.79 bits per heavy atom. The van der Waals surface area contributed by atoms with Crippen molar-refractivity contribution in [3.05, 3.63) is 64.8 Å². The van der Waals surface area contributed by atoms with Gasteiger partial charge in [-0.1, -0.05) is 18.2 Å². The Balaban J connectivity index is 2.06. The highest BCUT2D eigenvalue weighted by Crippen LogP contribution is 2.34. The predicted octanol–water partition coefficient (Wildman–Crippen LogP) is 3.87. The van der Waals surface area contributed by atoms with E-state index in [0.717, 1.165) is 10.9 Å². The molecule has 5 nitrogen and oxygen atoms in total. The number of aromatic nitrogens is 1. The molecular weight excluding hydrogens is 244 g/mol. The molecule has 0 aliphatic rings. The number of rotatable bonds is 3. The van der Waals surface area contributed by atoms with Crippen LogP contribution in [0.15, 0.2) is 54.7 Å². The molecule has 2 aromatic carbocycles. The molecular formula is C14H10N2O3. The van der Waals surface area contributed by atoms with E-state index in [0.29, 0.717) is 5.75 Å². The molecule has 1 aromatic heterocycles. The van der Waals surface area contributed by atoms with Gasteiger partial charge in [0.1, 0.15) is 5.75 Å². The second kappa shape index (κ2) is 4.45. The summed E-state index contributed by atoms with van der Waals surface area (Å²) in [5.74, 6) is 0.828. The van der Waals surface area contributed by atoms with E-state index in [9.17, 15) is 10.1 Å². The number of hydrogen-bond donors (Lipinski definition) is 1. The lowest BCUT2D eigenvalue weighted by atomic mass is 10.2. The first-order valence-corrected chi connectivity index (χ1v) is 5.73. The minimum atomic E-state index is -0.452. The van der Waals surface area contributed by atoms with E-state index in [1.165, 1.54) is 6.07 Å². The van der Waals surface area contributed by atoms with Crippen LogP contribution in [0.3, 0.4) is 0 Å². The molecule has 3 aromatic rings. The first-order valence-electron chi connectivity index (χ1n) is 5.73. The molecule has 1 heterocycles. The van der Waals surface area contributed by atoms with E-state index < -0.39 is 4.92 Å². The summed E-state index contributed by atoms with van der Waals surface area (Å²) < 4.78 is 5.68. The third kappa shape index (κ3) is 2.01. The monoisotopic (exact) mass is 254 g/mol. The molecule has 0 aliphatic heterocycles. The largest absolute Gasteiger partial charge is 0.449 e. The van der Waals surface area contributed by atoms with Crippen molar-refractivity contribution in [2.24, 2.45) is 0 Å². The molecule has 0 atom stereocenters. The van der Waals surface area contributed by atoms with Crippen LogP contribution >= 0.6 is 0 Å². The second-order valence-corrected chi connectivity index (χ2v) is 4.02. The van der Waals surface area contributed by atoms with Crippen LogP contribution in [0.25, 0.3) is 10.9 Å². The highest BCUT2D eigenvalue weighted by atomic mass is 16.6. The Morgan fingerprint density at radius 3 is 2.63 bits per heavy atom. The number of ether oxygens (including phenoxy) is 1. The number of nitro benzene ring substituents is 1. The lowest BCUT2D eigenvalue weighted by molar-refractivity contribution is -0.385. The van der Waals surface area contributed by atoms with E-state index in [2.05, 4.69) is 4.98 Å². The van der Waals surface area contributed by atoms with Gasteiger partial charge in [0.15, 0.2) is 0 Å². The summed E-state index contributed by atoms with van der Waals surface area (Å²) in [6, 6.07) is 13.7. The van der Waals surface area contributed by atoms with Crippen LogP contribution in [0.4, 0.5) is 5.69 Å². The Labute approximate surface area is 108 Å². The maximum atomic E-state index is 10.9. The summed E-state index contributed by atoms with van der Waals surface area (Å²) in [5, 5.41) is 11.8. The van der Waals surface area contributed by atoms with Crippen LogP contribution in [-0.4, -0.2) is 9.91 Å². The Bertz CT molecular complexity index is 749. The fraction of sp³-hybridized carbons (Fsp3) is 0. The van der Waals surface area contributed by atoms with Gasteiger partial charge in [-0.15, -0.1) is 0 Å². The van der Waals surface area contributed by atoms with E-state index in [1.807, 2.05) is 18.2 Å². The van der Waals surface area contributed by atoms with Gasteiger partial charge in [-0.05, 0) is 24.3 Å². The zero-order valence-electron chi connectivity index (χ0n) is 9.87. The van der Waals surface area contributed by atoms with Gasteiger partial charge in [0.2, 0.25) is 5.75 Å². The Hall–Kier alpha value is -2.82. The highest BCUT2D eigenvalue weighted by Gasteiger charge is 2.15. The summed E-state index contributed by atoms with van der Waals surface area (Å²) in [4.78, 5) is 13.6. The quantitative estimate of drug-likeness (QED) is 0.569. The molecule has 1 N–H and O–H groups in total. The van der Waals surface area contributed by atoms with Crippen molar-refractivity contribution >= 4 is 16.6 Å². The maximum absolute atomic E-state index is 10.9. The first kappa shape index (κ1) is 11.3. The van der Waals surface area contributed by atoms with Gasteiger partial charge in [0, 0.05) is 23.2 Å². The number of para-hydroxylation sites is 2. The molecule has 0 bridgehead atoms. The predicted molar refractivity (Wildman–Crippen MR) is 71.5 cm³/mol. The van der Waals surface area contributed by atoms with Crippen molar-refractivity contribution in [1.29, 1.82) is 0 Å². The fourth-order valence-corrected chi connectivity index (χ4v) is 1.96. The van der Waals surface area contributed by atoms with Crippen LogP contribution in [0.1, 0.15) is 0 Å². The molecule has 5 heteroatoms. The van der Waals surface area contributed by atoms with E-state index in [1.54, 1.807) is 30.5 Å². The second-order valence-electron chi connectivity index (χ2n) is 4.02. The molecule has 0 radical (unpaired) electrons. The van der Waals surface area contributed by atoms with Gasteiger partial charge in [0.05, 0.1) is 4.92 Å². The minimum Gasteiger partial charge on any atom is -0.449 e. The van der Waals surface area contributed by atoms with Crippen molar-refractivity contribution in [2.75, 3.05) is 0 Å². The van der Waals surface area contributed by atoms with Gasteiger partial charge in [-0.2, -0.15) is 0 Å². The van der Waals surface area contributed by atoms with Gasteiger partial charge in [-0.25, -0.2) is 0 Å². The van der Waals surface area contributed by atoms with E-state index >= 15 is 0 Å². The summed E-state index contributed by atoms with van der Waals surface area (Å²) in [6.45, 7) is 0. The van der Waals surface area contributed by atoms with E-state index in [4.69, 9.17) is 4.74 Å². The number of nitrogens with one attached hydrogen (secondary N) is 1. The number of nitro groups is 1. The van der Waals surface area contributed by atoms with Crippen molar-refractivity contribution in [2.45, 2.75) is 0 Å². The van der Waals surface area contributed by atoms with Crippen LogP contribution in [-0.2, 0) is 0 Å². The molecule has 0 spiro atoms. The molecule has 0 unspecified atom stereocenters. The molecule has 0 fully saturated rings. The van der Waals surface area contributed by atoms with Gasteiger partial charge in [0.25, 0.3) is 0 Å². The SMILES string of the molecule is O=[N+]([O-])c1ccccc1Oc1cccc2[nH]ccc12. The van der Waals surface area contributed by atoms with Crippen LogP contribution in [0.5, 0.6) is 11.5 Å². The zero-order chi connectivity index (χ0) is 13.2. The third-order valence-corrected chi connectivity index (χ3v) is 2.84. The van der Waals surface area contributed by atoms with Crippen molar-refractivity contribution < 1.29 is 9.66 Å². The number of fused-ring (bicyclic) bond motifs is 1. The first-order chi connectivity index (χ1) is 9.25. The molecule has 3 rings (SSSR count). The number of hydrogen-bond acceptors (Lipinski definition) is 3. The number of nitrogens with zero attached hydrogens (tertiary/aromatic N) is 1. The minimum absolute atomic E-state index is 0.0463. The van der Waals surface area contributed by atoms with Gasteiger partial charge >= 0.3 is 5.69 Å². The molecule has 0 amide bonds. The lowest BCUT2D eigenvalue weighted by Gasteiger charge is -2.07. The van der Waals surface area contributed by atoms with Crippen LogP contribution in [0, 0.1) is 10.1 Å². The lowest BCUT2D eigenvalue weighted by Crippen LogP contribution is -1.93. The summed E-state index contributed by atoms with van der Waals surface area (Å²) in [5.41, 5.74) is 0.881. The number of benzene rings is 2. The fourth-order valence-electron chi connectivity index (χ4n) is 1.96. The Kier molecular flexibility index (Phi) is 2.64. The summed E-state index contributed by atoms with van der Waals surface area (Å²) in [6.07, 6.45) is 1.80. The summed E-state index contributed by atoms with van der Waals surface area (Å²) in [7, 11) is 0. The van der Waals surface area contributed by atoms with E-state index in [-0.39, 0.29) is 11.4 Å². The van der Waals surface area contributed by atoms with Gasteiger partial charge < -0.3 is 9.72 Å². The average molecular weight is 254 g/mol. The highest BCUT2D eigenvalue weighted by molar-refractivity contribution is 5.86. The topological polar surface area (TPSA) is 68.2 Å². The summed E-state index contributed by atoms with van der Waals surface area (Å²) >= 11 is 0. The molecule has 0 saturated heterocycles. The van der Waals surface area contributed by atoms with Crippen molar-refractivity contribution in [1.82, 2.24) is 4.98 Å². The zero-order valence-corrected chi connectivity index (χ0v) is 9.87.